The van der Waals surface area contributed by atoms with Gasteiger partial charge >= 0.3 is 5.97 Å². The first-order valence-corrected chi connectivity index (χ1v) is 7.41. The monoisotopic (exact) mass is 277 g/mol. The van der Waals surface area contributed by atoms with E-state index in [0.29, 0.717) is 13.1 Å². The molecule has 0 aliphatic rings. The number of carbonyl (C=O) groups is 2. The van der Waals surface area contributed by atoms with E-state index in [9.17, 15) is 13.8 Å². The summed E-state index contributed by atoms with van der Waals surface area (Å²) in [6, 6.07) is 0. The molecule has 0 saturated heterocycles. The van der Waals surface area contributed by atoms with E-state index in [1.165, 1.54) is 7.11 Å². The van der Waals surface area contributed by atoms with Gasteiger partial charge in [0.2, 0.25) is 5.91 Å². The molecule has 0 aromatic heterocycles. The molecule has 3 atom stereocenters. The minimum Gasteiger partial charge on any atom is -0.469 e. The predicted octanol–water partition coefficient (Wildman–Crippen LogP) is 0.944. The second-order valence-electron chi connectivity index (χ2n) is 4.07. The van der Waals surface area contributed by atoms with E-state index >= 15 is 0 Å². The number of rotatable bonds is 7. The zero-order valence-electron chi connectivity index (χ0n) is 11.8. The summed E-state index contributed by atoms with van der Waals surface area (Å²) < 4.78 is 16.7. The van der Waals surface area contributed by atoms with Crippen molar-refractivity contribution in [2.24, 2.45) is 0 Å². The van der Waals surface area contributed by atoms with Gasteiger partial charge in [-0.3, -0.25) is 13.8 Å². The lowest BCUT2D eigenvalue weighted by Crippen LogP contribution is -2.41. The predicted molar refractivity (Wildman–Crippen MR) is 71.6 cm³/mol. The lowest BCUT2D eigenvalue weighted by molar-refractivity contribution is -0.140. The van der Waals surface area contributed by atoms with Crippen molar-refractivity contribution in [1.29, 1.82) is 0 Å². The number of amides is 1. The molecule has 0 spiro atoms. The molecule has 18 heavy (non-hydrogen) atoms. The smallest absolute Gasteiger partial charge is 0.306 e. The molecule has 0 saturated carbocycles. The third kappa shape index (κ3) is 4.76. The molecule has 0 aliphatic heterocycles. The minimum atomic E-state index is -1.38. The minimum absolute atomic E-state index is 0.0684. The van der Waals surface area contributed by atoms with Crippen LogP contribution in [0.15, 0.2) is 0 Å². The summed E-state index contributed by atoms with van der Waals surface area (Å²) in [6.07, 6.45) is 0.0684. The summed E-state index contributed by atoms with van der Waals surface area (Å²) in [5, 5.41) is -0.975. The van der Waals surface area contributed by atoms with E-state index in [2.05, 4.69) is 4.74 Å². The zero-order chi connectivity index (χ0) is 14.3. The highest BCUT2D eigenvalue weighted by atomic mass is 32.2. The maximum absolute atomic E-state index is 12.1. The van der Waals surface area contributed by atoms with Crippen LogP contribution in [-0.4, -0.2) is 51.7 Å². The highest BCUT2D eigenvalue weighted by molar-refractivity contribution is 7.87. The second kappa shape index (κ2) is 8.24. The van der Waals surface area contributed by atoms with E-state index in [4.69, 9.17) is 0 Å². The molecule has 0 aromatic rings. The molecule has 0 aliphatic carbocycles. The Morgan fingerprint density at radius 3 is 2.11 bits per heavy atom. The average molecular weight is 277 g/mol. The van der Waals surface area contributed by atoms with Crippen LogP contribution in [0.25, 0.3) is 0 Å². The number of nitrogens with zero attached hydrogens (tertiary/aromatic N) is 1. The van der Waals surface area contributed by atoms with Crippen LogP contribution in [-0.2, 0) is 25.1 Å². The van der Waals surface area contributed by atoms with E-state index in [1.807, 2.05) is 13.8 Å². The van der Waals surface area contributed by atoms with Crippen molar-refractivity contribution in [2.75, 3.05) is 20.2 Å². The molecule has 1 amide bonds. The first-order valence-electron chi connectivity index (χ1n) is 6.13. The van der Waals surface area contributed by atoms with Crippen molar-refractivity contribution in [3.8, 4) is 0 Å². The molecular weight excluding hydrogens is 254 g/mol. The SMILES string of the molecule is CCN(CC)C(=O)C(C)S(=O)C(C)CC(=O)OC. The number of carbonyl (C=O) groups excluding carboxylic acids is 2. The maximum atomic E-state index is 12.1. The Balaban J connectivity index is 4.58. The molecule has 3 unspecified atom stereocenters. The fourth-order valence-corrected chi connectivity index (χ4v) is 2.99. The third-order valence-corrected chi connectivity index (χ3v) is 4.71. The number of hydrogen-bond donors (Lipinski definition) is 0. The molecular formula is C12H23NO4S. The molecule has 0 heterocycles. The summed E-state index contributed by atoms with van der Waals surface area (Å²) in [7, 11) is -0.0835. The number of esters is 1. The van der Waals surface area contributed by atoms with Crippen LogP contribution in [0.3, 0.4) is 0 Å². The molecule has 5 nitrogen and oxygen atoms in total. The quantitative estimate of drug-likeness (QED) is 0.650. The summed E-state index contributed by atoms with van der Waals surface area (Å²) in [4.78, 5) is 24.8. The Morgan fingerprint density at radius 1 is 1.22 bits per heavy atom. The lowest BCUT2D eigenvalue weighted by atomic mass is 10.3. The second-order valence-corrected chi connectivity index (χ2v) is 6.24. The lowest BCUT2D eigenvalue weighted by Gasteiger charge is -2.24. The molecule has 0 bridgehead atoms. The van der Waals surface area contributed by atoms with Gasteiger partial charge in [-0.15, -0.1) is 0 Å². The van der Waals surface area contributed by atoms with Crippen molar-refractivity contribution in [2.45, 2.75) is 44.6 Å². The van der Waals surface area contributed by atoms with Crippen molar-refractivity contribution in [1.82, 2.24) is 4.90 Å². The number of hydrogen-bond acceptors (Lipinski definition) is 4. The molecule has 106 valence electrons. The highest BCUT2D eigenvalue weighted by Crippen LogP contribution is 2.11. The average Bonchev–Trinajstić information content (AvgIpc) is 2.37. The van der Waals surface area contributed by atoms with E-state index in [-0.39, 0.29) is 17.6 Å². The Labute approximate surface area is 111 Å². The van der Waals surface area contributed by atoms with Crippen LogP contribution in [0.2, 0.25) is 0 Å². The summed E-state index contributed by atoms with van der Waals surface area (Å²) >= 11 is 0. The largest absolute Gasteiger partial charge is 0.469 e. The standard InChI is InChI=1S/C12H23NO4S/c1-6-13(7-2)12(15)10(4)18(16)9(3)8-11(14)17-5/h9-10H,6-8H2,1-5H3. The van der Waals surface area contributed by atoms with Gasteiger partial charge in [0.1, 0.15) is 5.25 Å². The third-order valence-electron chi connectivity index (χ3n) is 2.85. The van der Waals surface area contributed by atoms with Gasteiger partial charge in [-0.1, -0.05) is 6.92 Å². The van der Waals surface area contributed by atoms with Gasteiger partial charge in [0.05, 0.1) is 13.5 Å². The van der Waals surface area contributed by atoms with Gasteiger partial charge < -0.3 is 9.64 Å². The van der Waals surface area contributed by atoms with Crippen molar-refractivity contribution >= 4 is 22.7 Å². The Kier molecular flexibility index (Phi) is 7.82. The topological polar surface area (TPSA) is 63.7 Å². The van der Waals surface area contributed by atoms with Crippen LogP contribution in [0, 0.1) is 0 Å². The van der Waals surface area contributed by atoms with E-state index in [1.54, 1.807) is 18.7 Å². The molecule has 0 radical (unpaired) electrons. The normalized spacial score (nSPS) is 15.6. The van der Waals surface area contributed by atoms with Crippen LogP contribution in [0.1, 0.15) is 34.1 Å². The Bertz CT molecular complexity index is 315. The molecule has 0 rings (SSSR count). The van der Waals surface area contributed by atoms with Gasteiger partial charge in [0.15, 0.2) is 0 Å². The molecule has 0 aromatic carbocycles. The van der Waals surface area contributed by atoms with Crippen LogP contribution in [0.4, 0.5) is 0 Å². The van der Waals surface area contributed by atoms with Gasteiger partial charge in [-0.25, -0.2) is 0 Å². The van der Waals surface area contributed by atoms with Crippen molar-refractivity contribution in [3.05, 3.63) is 0 Å². The first-order chi connectivity index (χ1) is 8.38. The Hall–Kier alpha value is -0.910. The fraction of sp³-hybridized carbons (Fsp3) is 0.833. The summed E-state index contributed by atoms with van der Waals surface area (Å²) in [6.45, 7) is 8.30. The van der Waals surface area contributed by atoms with Gasteiger partial charge in [-0.2, -0.15) is 0 Å². The van der Waals surface area contributed by atoms with E-state index < -0.39 is 22.0 Å². The van der Waals surface area contributed by atoms with Gasteiger partial charge in [-0.05, 0) is 20.8 Å². The summed E-state index contributed by atoms with van der Waals surface area (Å²) in [5.41, 5.74) is 0. The van der Waals surface area contributed by atoms with Crippen molar-refractivity contribution in [3.63, 3.8) is 0 Å². The van der Waals surface area contributed by atoms with Crippen LogP contribution < -0.4 is 0 Å². The number of methoxy groups -OCH3 is 1. The summed E-state index contributed by atoms with van der Waals surface area (Å²) in [5.74, 6) is -0.534. The first kappa shape index (κ1) is 17.1. The molecule has 0 fully saturated rings. The van der Waals surface area contributed by atoms with Gasteiger partial charge in [0, 0.05) is 29.1 Å². The van der Waals surface area contributed by atoms with Crippen LogP contribution >= 0.6 is 0 Å². The van der Waals surface area contributed by atoms with Crippen LogP contribution in [0.5, 0.6) is 0 Å². The molecule has 0 N–H and O–H groups in total. The molecule has 6 heteroatoms. The number of ether oxygens (including phenoxy) is 1. The van der Waals surface area contributed by atoms with Crippen molar-refractivity contribution < 1.29 is 18.5 Å². The van der Waals surface area contributed by atoms with Gasteiger partial charge in [0.25, 0.3) is 0 Å². The zero-order valence-corrected chi connectivity index (χ0v) is 12.6. The fourth-order valence-electron chi connectivity index (χ4n) is 1.64. The Morgan fingerprint density at radius 2 is 1.72 bits per heavy atom. The highest BCUT2D eigenvalue weighted by Gasteiger charge is 2.28. The van der Waals surface area contributed by atoms with E-state index in [0.717, 1.165) is 0 Å². The maximum Gasteiger partial charge on any atom is 0.306 e.